The lowest BCUT2D eigenvalue weighted by atomic mass is 9.95. The molecule has 1 fully saturated rings. The zero-order valence-electron chi connectivity index (χ0n) is 38.8. The molecule has 0 aliphatic carbocycles. The third-order valence-electron chi connectivity index (χ3n) is 13.0. The summed E-state index contributed by atoms with van der Waals surface area (Å²) in [5.41, 5.74) is 19.3. The second-order valence-electron chi connectivity index (χ2n) is 17.5. The molecule has 8 aromatic rings. The standard InChI is InChI=1S/C49H58N12O5/c1-8-58-25-28(3)17-38(58)46-52-23-36-34-19-32(44(50)62)21-40(64-7)42(34)59(48(36)54-46)26-29(4)30(5)27-60-43-35(37-24-53-47(55-49(37)60)39-18-31(6)56-61(39)9-2)20-33(45(51)63)22-41(43)66-14-10-11-57-12-15-65-16-13-57/h17-25,29-30H,8-16,26-27H2,1-7H3,(H2,50,62)(H2,51,63). The Morgan fingerprint density at radius 1 is 0.758 bits per heavy atom. The van der Waals surface area contributed by atoms with E-state index < -0.39 is 11.8 Å². The topological polar surface area (TPSA) is 201 Å². The number of methoxy groups -OCH3 is 1. The highest BCUT2D eigenvalue weighted by Crippen LogP contribution is 2.40. The summed E-state index contributed by atoms with van der Waals surface area (Å²) in [7, 11) is 1.60. The largest absolute Gasteiger partial charge is 0.495 e. The molecule has 0 saturated carbocycles. The van der Waals surface area contributed by atoms with Crippen LogP contribution in [0.1, 0.15) is 66.1 Å². The number of carbonyl (C=O) groups is 2. The maximum Gasteiger partial charge on any atom is 0.248 e. The number of nitrogens with zero attached hydrogens (tertiary/aromatic N) is 10. The van der Waals surface area contributed by atoms with Crippen LogP contribution < -0.4 is 20.9 Å². The van der Waals surface area contributed by atoms with Gasteiger partial charge in [0.15, 0.2) is 11.6 Å². The first-order valence-corrected chi connectivity index (χ1v) is 22.8. The van der Waals surface area contributed by atoms with Crippen LogP contribution in [-0.2, 0) is 30.9 Å². The molecule has 0 spiro atoms. The molecule has 9 rings (SSSR count). The van der Waals surface area contributed by atoms with Crippen molar-refractivity contribution in [3.63, 3.8) is 0 Å². The first-order valence-electron chi connectivity index (χ1n) is 22.8. The molecule has 344 valence electrons. The number of fused-ring (bicyclic) bond motifs is 6. The van der Waals surface area contributed by atoms with Gasteiger partial charge in [0.2, 0.25) is 11.8 Å². The van der Waals surface area contributed by atoms with Gasteiger partial charge in [-0.2, -0.15) is 5.10 Å². The molecular weight excluding hydrogens is 837 g/mol. The number of aryl methyl sites for hydroxylation is 4. The van der Waals surface area contributed by atoms with Gasteiger partial charge in [-0.25, -0.2) is 19.9 Å². The smallest absolute Gasteiger partial charge is 0.248 e. The molecule has 0 bridgehead atoms. The van der Waals surface area contributed by atoms with Crippen molar-refractivity contribution >= 4 is 55.7 Å². The molecule has 0 radical (unpaired) electrons. The van der Waals surface area contributed by atoms with Crippen molar-refractivity contribution in [1.82, 2.24) is 48.3 Å². The summed E-state index contributed by atoms with van der Waals surface area (Å²) >= 11 is 0. The van der Waals surface area contributed by atoms with E-state index in [9.17, 15) is 9.59 Å². The van der Waals surface area contributed by atoms with E-state index in [1.165, 1.54) is 0 Å². The van der Waals surface area contributed by atoms with Gasteiger partial charge in [0.05, 0.1) is 49.4 Å². The van der Waals surface area contributed by atoms with Crippen molar-refractivity contribution in [2.24, 2.45) is 23.3 Å². The predicted octanol–water partition coefficient (Wildman–Crippen LogP) is 6.75. The van der Waals surface area contributed by atoms with Crippen LogP contribution in [0, 0.1) is 25.7 Å². The molecule has 2 atom stereocenters. The van der Waals surface area contributed by atoms with E-state index in [1.807, 2.05) is 43.1 Å². The van der Waals surface area contributed by atoms with E-state index in [0.29, 0.717) is 66.2 Å². The zero-order valence-corrected chi connectivity index (χ0v) is 38.8. The van der Waals surface area contributed by atoms with Crippen LogP contribution in [0.3, 0.4) is 0 Å². The van der Waals surface area contributed by atoms with Crippen LogP contribution >= 0.6 is 0 Å². The van der Waals surface area contributed by atoms with Gasteiger partial charge in [0, 0.05) is 97.1 Å². The normalized spacial score (nSPS) is 14.5. The number of rotatable bonds is 17. The van der Waals surface area contributed by atoms with Gasteiger partial charge in [-0.3, -0.25) is 19.2 Å². The van der Waals surface area contributed by atoms with Crippen LogP contribution in [0.15, 0.2) is 55.0 Å². The van der Waals surface area contributed by atoms with Crippen molar-refractivity contribution in [3.05, 3.63) is 77.4 Å². The molecule has 17 heteroatoms. The molecular formula is C49H58N12O5. The van der Waals surface area contributed by atoms with Crippen LogP contribution in [0.4, 0.5) is 0 Å². The molecule has 2 unspecified atom stereocenters. The monoisotopic (exact) mass is 894 g/mol. The molecule has 17 nitrogen and oxygen atoms in total. The van der Waals surface area contributed by atoms with Crippen LogP contribution in [0.2, 0.25) is 0 Å². The van der Waals surface area contributed by atoms with Crippen LogP contribution in [0.25, 0.3) is 66.9 Å². The average Bonchev–Trinajstić information content (AvgIpc) is 4.07. The fraction of sp³-hybridized carbons (Fsp3) is 0.408. The summed E-state index contributed by atoms with van der Waals surface area (Å²) in [6.45, 7) is 19.7. The number of ether oxygens (including phenoxy) is 3. The molecule has 4 N–H and O–H groups in total. The van der Waals surface area contributed by atoms with E-state index in [1.54, 1.807) is 25.3 Å². The Morgan fingerprint density at radius 3 is 1.89 bits per heavy atom. The van der Waals surface area contributed by atoms with Crippen molar-refractivity contribution in [1.29, 1.82) is 0 Å². The molecule has 2 aromatic carbocycles. The number of nitrogens with two attached hydrogens (primary N) is 2. The van der Waals surface area contributed by atoms with E-state index in [-0.39, 0.29) is 11.8 Å². The van der Waals surface area contributed by atoms with Gasteiger partial charge in [-0.05, 0) is 87.9 Å². The SMILES string of the molecule is CCn1cc(C)cc1-c1ncc2c3cc(C(N)=O)cc(OC)c3n(CC(C)C(C)Cn3c4nc(-c5cc(C)nn5CC)ncc4c4cc(C(N)=O)cc(OCCCN5CCOCC5)c43)c2n1. The molecule has 1 saturated heterocycles. The molecule has 1 aliphatic rings. The van der Waals surface area contributed by atoms with Gasteiger partial charge in [-0.1, -0.05) is 13.8 Å². The Kier molecular flexibility index (Phi) is 12.2. The quantitative estimate of drug-likeness (QED) is 0.0916. The first kappa shape index (κ1) is 44.4. The summed E-state index contributed by atoms with van der Waals surface area (Å²) in [6, 6.07) is 11.2. The van der Waals surface area contributed by atoms with Crippen molar-refractivity contribution in [2.75, 3.05) is 46.6 Å². The fourth-order valence-electron chi connectivity index (χ4n) is 9.39. The lowest BCUT2D eigenvalue weighted by Crippen LogP contribution is -2.37. The Labute approximate surface area is 382 Å². The summed E-state index contributed by atoms with van der Waals surface area (Å²) in [5, 5.41) is 7.81. The van der Waals surface area contributed by atoms with E-state index in [0.717, 1.165) is 107 Å². The number of carbonyl (C=O) groups excluding carboxylic acids is 2. The highest BCUT2D eigenvalue weighted by molar-refractivity contribution is 6.13. The third kappa shape index (κ3) is 8.21. The minimum atomic E-state index is -0.553. The lowest BCUT2D eigenvalue weighted by molar-refractivity contribution is 0.0358. The molecule has 2 amide bonds. The summed E-state index contributed by atoms with van der Waals surface area (Å²) in [5.74, 6) is 1.18. The number of amides is 2. The fourth-order valence-corrected chi connectivity index (χ4v) is 9.39. The van der Waals surface area contributed by atoms with Crippen LogP contribution in [-0.4, -0.2) is 107 Å². The molecule has 7 heterocycles. The second-order valence-corrected chi connectivity index (χ2v) is 17.5. The minimum absolute atomic E-state index is 0.0280. The molecule has 6 aromatic heterocycles. The number of aromatic nitrogens is 9. The maximum absolute atomic E-state index is 12.9. The zero-order chi connectivity index (χ0) is 46.4. The average molecular weight is 895 g/mol. The van der Waals surface area contributed by atoms with Crippen molar-refractivity contribution in [2.45, 2.75) is 74.1 Å². The third-order valence-corrected chi connectivity index (χ3v) is 13.0. The number of morpholine rings is 1. The number of benzene rings is 2. The lowest BCUT2D eigenvalue weighted by Gasteiger charge is -2.26. The van der Waals surface area contributed by atoms with Gasteiger partial charge in [-0.15, -0.1) is 0 Å². The first-order chi connectivity index (χ1) is 31.9. The van der Waals surface area contributed by atoms with Crippen molar-refractivity contribution < 1.29 is 23.8 Å². The Balaban J connectivity index is 1.15. The Hall–Kier alpha value is -6.85. The number of primary amides is 2. The minimum Gasteiger partial charge on any atom is -0.495 e. The summed E-state index contributed by atoms with van der Waals surface area (Å²) in [6.07, 6.45) is 6.56. The van der Waals surface area contributed by atoms with Gasteiger partial charge in [0.25, 0.3) is 0 Å². The Bertz CT molecular complexity index is 3140. The number of hydrogen-bond donors (Lipinski definition) is 2. The van der Waals surface area contributed by atoms with Crippen LogP contribution in [0.5, 0.6) is 11.5 Å². The van der Waals surface area contributed by atoms with E-state index >= 15 is 0 Å². The van der Waals surface area contributed by atoms with Gasteiger partial charge < -0.3 is 39.4 Å². The van der Waals surface area contributed by atoms with E-state index in [4.69, 9.17) is 45.6 Å². The molecule has 66 heavy (non-hydrogen) atoms. The van der Waals surface area contributed by atoms with E-state index in [2.05, 4.69) is 63.7 Å². The maximum atomic E-state index is 12.9. The predicted molar refractivity (Wildman–Crippen MR) is 255 cm³/mol. The van der Waals surface area contributed by atoms with Crippen molar-refractivity contribution in [3.8, 4) is 34.5 Å². The second kappa shape index (κ2) is 18.2. The molecule has 1 aliphatic heterocycles. The number of hydrogen-bond acceptors (Lipinski definition) is 11. The highest BCUT2D eigenvalue weighted by atomic mass is 16.5. The highest BCUT2D eigenvalue weighted by Gasteiger charge is 2.27. The van der Waals surface area contributed by atoms with Gasteiger partial charge in [0.1, 0.15) is 28.5 Å². The summed E-state index contributed by atoms with van der Waals surface area (Å²) < 4.78 is 26.6. The van der Waals surface area contributed by atoms with Gasteiger partial charge >= 0.3 is 0 Å². The summed E-state index contributed by atoms with van der Waals surface area (Å²) in [4.78, 5) is 48.1. The Morgan fingerprint density at radius 2 is 1.33 bits per heavy atom.